The van der Waals surface area contributed by atoms with Crippen LogP contribution in [0, 0.1) is 10.1 Å². The van der Waals surface area contributed by atoms with Crippen molar-refractivity contribution in [3.05, 3.63) is 39.9 Å². The maximum absolute atomic E-state index is 12.0. The average Bonchev–Trinajstić information content (AvgIpc) is 2.54. The number of carbonyl (C=O) groups is 2. The van der Waals surface area contributed by atoms with Crippen molar-refractivity contribution in [2.24, 2.45) is 0 Å². The summed E-state index contributed by atoms with van der Waals surface area (Å²) in [5.74, 6) is -0.831. The summed E-state index contributed by atoms with van der Waals surface area (Å²) in [7, 11) is 0. The first-order valence-electron chi connectivity index (χ1n) is 7.49. The molecular formula is C15H22N4O4. The molecule has 1 aromatic rings. The highest BCUT2D eigenvalue weighted by Gasteiger charge is 2.17. The second-order valence-corrected chi connectivity index (χ2v) is 5.04. The van der Waals surface area contributed by atoms with Crippen molar-refractivity contribution >= 4 is 17.5 Å². The number of nitro benzene ring substituents is 1. The molecule has 8 heteroatoms. The van der Waals surface area contributed by atoms with E-state index in [-0.39, 0.29) is 17.2 Å². The number of nitrogens with zero attached hydrogens (tertiary/aromatic N) is 1. The van der Waals surface area contributed by atoms with Gasteiger partial charge in [0.1, 0.15) is 6.04 Å². The predicted octanol–water partition coefficient (Wildman–Crippen LogP) is 0.829. The van der Waals surface area contributed by atoms with Crippen LogP contribution in [0.25, 0.3) is 0 Å². The molecule has 126 valence electrons. The zero-order chi connectivity index (χ0) is 17.2. The fraction of sp³-hybridized carbons (Fsp3) is 0.467. The van der Waals surface area contributed by atoms with Crippen molar-refractivity contribution in [3.63, 3.8) is 0 Å². The van der Waals surface area contributed by atoms with E-state index in [9.17, 15) is 19.7 Å². The molecule has 1 rings (SSSR count). The van der Waals surface area contributed by atoms with Crippen molar-refractivity contribution in [1.82, 2.24) is 16.0 Å². The van der Waals surface area contributed by atoms with Gasteiger partial charge in [-0.3, -0.25) is 19.7 Å². The lowest BCUT2D eigenvalue weighted by molar-refractivity contribution is -0.384. The summed E-state index contributed by atoms with van der Waals surface area (Å²) in [6.45, 7) is 5.62. The predicted molar refractivity (Wildman–Crippen MR) is 86.2 cm³/mol. The van der Waals surface area contributed by atoms with Crippen LogP contribution in [0.3, 0.4) is 0 Å². The number of nitro groups is 1. The van der Waals surface area contributed by atoms with Gasteiger partial charge in [0.05, 0.1) is 4.92 Å². The summed E-state index contributed by atoms with van der Waals surface area (Å²) in [5, 5.41) is 19.1. The summed E-state index contributed by atoms with van der Waals surface area (Å²) in [4.78, 5) is 34.0. The zero-order valence-electron chi connectivity index (χ0n) is 13.3. The van der Waals surface area contributed by atoms with Gasteiger partial charge < -0.3 is 16.0 Å². The van der Waals surface area contributed by atoms with E-state index in [0.29, 0.717) is 13.1 Å². The van der Waals surface area contributed by atoms with Crippen molar-refractivity contribution in [2.45, 2.75) is 26.3 Å². The first-order valence-corrected chi connectivity index (χ1v) is 7.49. The van der Waals surface area contributed by atoms with Crippen molar-refractivity contribution < 1.29 is 14.5 Å². The van der Waals surface area contributed by atoms with E-state index in [1.807, 2.05) is 0 Å². The second kappa shape index (κ2) is 9.52. The Morgan fingerprint density at radius 3 is 2.65 bits per heavy atom. The summed E-state index contributed by atoms with van der Waals surface area (Å²) in [5.41, 5.74) is -0.0276. The van der Waals surface area contributed by atoms with Crippen LogP contribution in [0.15, 0.2) is 24.3 Å². The molecule has 0 radical (unpaired) electrons. The highest BCUT2D eigenvalue weighted by Crippen LogP contribution is 2.12. The molecule has 0 saturated carbocycles. The van der Waals surface area contributed by atoms with Crippen molar-refractivity contribution in [2.75, 3.05) is 19.6 Å². The molecule has 0 spiro atoms. The Balaban J connectivity index is 2.48. The third kappa shape index (κ3) is 6.43. The van der Waals surface area contributed by atoms with Crippen LogP contribution in [0.5, 0.6) is 0 Å². The molecule has 3 N–H and O–H groups in total. The van der Waals surface area contributed by atoms with Gasteiger partial charge >= 0.3 is 0 Å². The molecule has 23 heavy (non-hydrogen) atoms. The van der Waals surface area contributed by atoms with E-state index in [0.717, 1.165) is 13.0 Å². The first-order chi connectivity index (χ1) is 11.0. The molecule has 0 aliphatic heterocycles. The molecule has 1 unspecified atom stereocenters. The highest BCUT2D eigenvalue weighted by atomic mass is 16.6. The molecule has 1 aromatic carbocycles. The number of hydrogen-bond donors (Lipinski definition) is 3. The number of nitrogens with one attached hydrogen (secondary N) is 3. The Morgan fingerprint density at radius 2 is 2.00 bits per heavy atom. The minimum Gasteiger partial charge on any atom is -0.353 e. The van der Waals surface area contributed by atoms with Gasteiger partial charge in [0.25, 0.3) is 11.6 Å². The van der Waals surface area contributed by atoms with Gasteiger partial charge in [-0.1, -0.05) is 13.0 Å². The Bertz CT molecular complexity index is 562. The van der Waals surface area contributed by atoms with Crippen molar-refractivity contribution in [1.29, 1.82) is 0 Å². The average molecular weight is 322 g/mol. The Morgan fingerprint density at radius 1 is 1.26 bits per heavy atom. The van der Waals surface area contributed by atoms with E-state index >= 15 is 0 Å². The second-order valence-electron chi connectivity index (χ2n) is 5.04. The molecule has 0 heterocycles. The zero-order valence-corrected chi connectivity index (χ0v) is 13.3. The Hall–Kier alpha value is -2.48. The quantitative estimate of drug-likeness (QED) is 0.354. The van der Waals surface area contributed by atoms with Crippen LogP contribution in [-0.2, 0) is 4.79 Å². The molecule has 0 aliphatic rings. The third-order valence-electron chi connectivity index (χ3n) is 3.09. The van der Waals surface area contributed by atoms with Crippen LogP contribution < -0.4 is 16.0 Å². The number of rotatable bonds is 9. The van der Waals surface area contributed by atoms with Gasteiger partial charge in [-0.2, -0.15) is 0 Å². The van der Waals surface area contributed by atoms with Crippen LogP contribution >= 0.6 is 0 Å². The molecule has 1 atom stereocenters. The topological polar surface area (TPSA) is 113 Å². The lowest BCUT2D eigenvalue weighted by atomic mass is 10.1. The van der Waals surface area contributed by atoms with Crippen LogP contribution in [0.4, 0.5) is 5.69 Å². The lowest BCUT2D eigenvalue weighted by Gasteiger charge is -2.14. The smallest absolute Gasteiger partial charge is 0.270 e. The summed E-state index contributed by atoms with van der Waals surface area (Å²) in [6, 6.07) is 4.64. The molecule has 0 saturated heterocycles. The van der Waals surface area contributed by atoms with E-state index < -0.39 is 16.9 Å². The number of benzene rings is 1. The summed E-state index contributed by atoms with van der Waals surface area (Å²) < 4.78 is 0. The van der Waals surface area contributed by atoms with E-state index in [4.69, 9.17) is 0 Å². The minimum atomic E-state index is -0.729. The highest BCUT2D eigenvalue weighted by molar-refractivity contribution is 5.97. The van der Waals surface area contributed by atoms with Crippen LogP contribution in [-0.4, -0.2) is 42.4 Å². The largest absolute Gasteiger partial charge is 0.353 e. The Kier molecular flexibility index (Phi) is 7.69. The van der Waals surface area contributed by atoms with E-state index in [2.05, 4.69) is 22.9 Å². The summed E-state index contributed by atoms with van der Waals surface area (Å²) in [6.07, 6.45) is 1.02. The number of hydrogen-bond acceptors (Lipinski definition) is 5. The number of amides is 2. The maximum atomic E-state index is 12.0. The molecule has 8 nitrogen and oxygen atoms in total. The third-order valence-corrected chi connectivity index (χ3v) is 3.09. The van der Waals surface area contributed by atoms with E-state index in [1.165, 1.54) is 24.3 Å². The molecule has 0 bridgehead atoms. The van der Waals surface area contributed by atoms with Gasteiger partial charge in [0.2, 0.25) is 5.91 Å². The summed E-state index contributed by atoms with van der Waals surface area (Å²) >= 11 is 0. The molecule has 0 aliphatic carbocycles. The van der Waals surface area contributed by atoms with Gasteiger partial charge in [-0.25, -0.2) is 0 Å². The standard InChI is InChI=1S/C15H22N4O4/c1-3-7-16-8-9-17-14(20)11(2)18-15(21)12-5-4-6-13(10-12)19(22)23/h4-6,10-11,16H,3,7-9H2,1-2H3,(H,17,20)(H,18,21). The van der Waals surface area contributed by atoms with Gasteiger partial charge in [-0.05, 0) is 26.0 Å². The SMILES string of the molecule is CCCNCCNC(=O)C(C)NC(=O)c1cccc([N+](=O)[O-])c1. The minimum absolute atomic E-state index is 0.142. The lowest BCUT2D eigenvalue weighted by Crippen LogP contribution is -2.46. The molecule has 2 amide bonds. The number of non-ortho nitro benzene ring substituents is 1. The Labute approximate surface area is 134 Å². The fourth-order valence-electron chi connectivity index (χ4n) is 1.84. The number of carbonyl (C=O) groups excluding carboxylic acids is 2. The van der Waals surface area contributed by atoms with Crippen molar-refractivity contribution in [3.8, 4) is 0 Å². The molecule has 0 aromatic heterocycles. The van der Waals surface area contributed by atoms with Crippen LogP contribution in [0.2, 0.25) is 0 Å². The molecule has 0 fully saturated rings. The molecular weight excluding hydrogens is 300 g/mol. The first kappa shape index (κ1) is 18.6. The normalized spacial score (nSPS) is 11.6. The van der Waals surface area contributed by atoms with E-state index in [1.54, 1.807) is 6.92 Å². The van der Waals surface area contributed by atoms with Gasteiger partial charge in [-0.15, -0.1) is 0 Å². The van der Waals surface area contributed by atoms with Gasteiger partial charge in [0, 0.05) is 30.8 Å². The monoisotopic (exact) mass is 322 g/mol. The maximum Gasteiger partial charge on any atom is 0.270 e. The van der Waals surface area contributed by atoms with Crippen LogP contribution in [0.1, 0.15) is 30.6 Å². The van der Waals surface area contributed by atoms with Gasteiger partial charge in [0.15, 0.2) is 0 Å². The fourth-order valence-corrected chi connectivity index (χ4v) is 1.84.